The van der Waals surface area contributed by atoms with E-state index in [0.29, 0.717) is 6.61 Å². The van der Waals surface area contributed by atoms with Crippen molar-refractivity contribution in [2.24, 2.45) is 4.99 Å². The first kappa shape index (κ1) is 20.8. The molecule has 2 aromatic carbocycles. The maximum atomic E-state index is 5.82. The summed E-state index contributed by atoms with van der Waals surface area (Å²) in [6.07, 6.45) is 2.12. The molecule has 2 aromatic rings. The van der Waals surface area contributed by atoms with Crippen LogP contribution in [0.4, 0.5) is 0 Å². The van der Waals surface area contributed by atoms with Crippen LogP contribution in [-0.2, 0) is 17.9 Å². The quantitative estimate of drug-likeness (QED) is 0.360. The Morgan fingerprint density at radius 1 is 0.926 bits per heavy atom. The highest BCUT2D eigenvalue weighted by molar-refractivity contribution is 5.79. The molecular weight excluding hydrogens is 338 g/mol. The molecule has 2 N–H and O–H groups in total. The van der Waals surface area contributed by atoms with Gasteiger partial charge >= 0.3 is 0 Å². The summed E-state index contributed by atoms with van der Waals surface area (Å²) in [5, 5.41) is 6.66. The molecule has 0 saturated heterocycles. The van der Waals surface area contributed by atoms with Crippen molar-refractivity contribution in [3.05, 3.63) is 65.7 Å². The van der Waals surface area contributed by atoms with Gasteiger partial charge in [-0.2, -0.15) is 0 Å². The van der Waals surface area contributed by atoms with Crippen molar-refractivity contribution in [3.63, 3.8) is 0 Å². The lowest BCUT2D eigenvalue weighted by Crippen LogP contribution is -2.37. The van der Waals surface area contributed by atoms with E-state index in [2.05, 4.69) is 39.9 Å². The summed E-state index contributed by atoms with van der Waals surface area (Å²) in [6, 6.07) is 18.3. The number of hydrogen-bond acceptors (Lipinski definition) is 3. The minimum atomic E-state index is 0.582. The van der Waals surface area contributed by atoms with Gasteiger partial charge in [-0.05, 0) is 43.0 Å². The average Bonchev–Trinajstić information content (AvgIpc) is 2.73. The lowest BCUT2D eigenvalue weighted by molar-refractivity contribution is 0.143. The Balaban J connectivity index is 1.67. The lowest BCUT2D eigenvalue weighted by Gasteiger charge is -2.12. The molecule has 0 aliphatic carbocycles. The van der Waals surface area contributed by atoms with Crippen molar-refractivity contribution in [1.29, 1.82) is 0 Å². The third kappa shape index (κ3) is 8.60. The summed E-state index contributed by atoms with van der Waals surface area (Å²) < 4.78 is 11.2. The average molecular weight is 370 g/mol. The molecule has 0 unspecified atom stereocenters. The van der Waals surface area contributed by atoms with Crippen molar-refractivity contribution < 1.29 is 9.47 Å². The molecule has 5 nitrogen and oxygen atoms in total. The Hall–Kier alpha value is -2.53. The fourth-order valence-electron chi connectivity index (χ4n) is 2.53. The van der Waals surface area contributed by atoms with Gasteiger partial charge in [0.1, 0.15) is 12.4 Å². The van der Waals surface area contributed by atoms with E-state index in [4.69, 9.17) is 9.47 Å². The Morgan fingerprint density at radius 2 is 1.70 bits per heavy atom. The number of ether oxygens (including phenoxy) is 2. The molecular formula is C22H31N3O2. The molecule has 0 aliphatic heterocycles. The highest BCUT2D eigenvalue weighted by Gasteiger charge is 2.00. The number of rotatable bonds is 11. The molecule has 0 radical (unpaired) electrons. The second-order valence-electron chi connectivity index (χ2n) is 6.17. The summed E-state index contributed by atoms with van der Waals surface area (Å²) in [5.41, 5.74) is 2.35. The fourth-order valence-corrected chi connectivity index (χ4v) is 2.53. The van der Waals surface area contributed by atoms with E-state index in [1.807, 2.05) is 37.3 Å². The number of guanidine groups is 1. The van der Waals surface area contributed by atoms with Crippen molar-refractivity contribution in [2.75, 3.05) is 26.8 Å². The van der Waals surface area contributed by atoms with Gasteiger partial charge in [0.25, 0.3) is 0 Å². The van der Waals surface area contributed by atoms with Crippen molar-refractivity contribution >= 4 is 5.96 Å². The molecule has 0 atom stereocenters. The lowest BCUT2D eigenvalue weighted by atomic mass is 10.2. The molecule has 0 bridgehead atoms. The van der Waals surface area contributed by atoms with Crippen LogP contribution in [0.5, 0.6) is 5.75 Å². The zero-order valence-corrected chi connectivity index (χ0v) is 16.4. The van der Waals surface area contributed by atoms with Crippen LogP contribution in [0.2, 0.25) is 0 Å². The molecule has 5 heteroatoms. The number of nitrogens with one attached hydrogen (secondary N) is 2. The van der Waals surface area contributed by atoms with Crippen LogP contribution in [0, 0.1) is 0 Å². The first-order valence-corrected chi connectivity index (χ1v) is 9.59. The van der Waals surface area contributed by atoms with Crippen LogP contribution in [0.1, 0.15) is 30.9 Å². The predicted molar refractivity (Wildman–Crippen MR) is 111 cm³/mol. The van der Waals surface area contributed by atoms with E-state index in [0.717, 1.165) is 50.9 Å². The molecule has 0 fully saturated rings. The van der Waals surface area contributed by atoms with E-state index in [9.17, 15) is 0 Å². The number of aliphatic imine (C=N–C) groups is 1. The van der Waals surface area contributed by atoms with Crippen LogP contribution in [0.25, 0.3) is 0 Å². The van der Waals surface area contributed by atoms with E-state index >= 15 is 0 Å². The van der Waals surface area contributed by atoms with Gasteiger partial charge in [0.2, 0.25) is 0 Å². The third-order valence-corrected chi connectivity index (χ3v) is 4.07. The molecule has 146 valence electrons. The second kappa shape index (κ2) is 12.8. The van der Waals surface area contributed by atoms with Gasteiger partial charge in [-0.25, -0.2) is 0 Å². The largest absolute Gasteiger partial charge is 0.489 e. The Labute approximate surface area is 162 Å². The van der Waals surface area contributed by atoms with Gasteiger partial charge in [0.15, 0.2) is 5.96 Å². The van der Waals surface area contributed by atoms with E-state index in [1.54, 1.807) is 7.05 Å². The molecule has 2 rings (SSSR count). The minimum absolute atomic E-state index is 0.582. The van der Waals surface area contributed by atoms with Crippen LogP contribution < -0.4 is 15.4 Å². The molecule has 0 aromatic heterocycles. The third-order valence-electron chi connectivity index (χ3n) is 4.07. The zero-order valence-electron chi connectivity index (χ0n) is 16.4. The molecule has 0 heterocycles. The monoisotopic (exact) mass is 369 g/mol. The van der Waals surface area contributed by atoms with Crippen LogP contribution in [0.3, 0.4) is 0 Å². The Morgan fingerprint density at radius 3 is 2.41 bits per heavy atom. The van der Waals surface area contributed by atoms with Crippen LogP contribution >= 0.6 is 0 Å². The summed E-state index contributed by atoms with van der Waals surface area (Å²) in [7, 11) is 1.79. The molecule has 27 heavy (non-hydrogen) atoms. The smallest absolute Gasteiger partial charge is 0.191 e. The van der Waals surface area contributed by atoms with Gasteiger partial charge in [0, 0.05) is 33.4 Å². The summed E-state index contributed by atoms with van der Waals surface area (Å²) in [5.74, 6) is 1.69. The minimum Gasteiger partial charge on any atom is -0.489 e. The highest BCUT2D eigenvalue weighted by atomic mass is 16.5. The zero-order chi connectivity index (χ0) is 19.2. The first-order chi connectivity index (χ1) is 13.3. The number of unbranched alkanes of at least 4 members (excludes halogenated alkanes) is 1. The van der Waals surface area contributed by atoms with Crippen LogP contribution in [0.15, 0.2) is 59.6 Å². The standard InChI is InChI=1S/C22H31N3O2/c1-3-26-16-8-7-15-24-22(23-2)25-17-19-11-13-21(14-12-19)27-18-20-9-5-4-6-10-20/h4-6,9-14H,3,7-8,15-18H2,1-2H3,(H2,23,24,25). The molecule has 0 spiro atoms. The maximum Gasteiger partial charge on any atom is 0.191 e. The predicted octanol–water partition coefficient (Wildman–Crippen LogP) is 3.75. The summed E-state index contributed by atoms with van der Waals surface area (Å²) in [4.78, 5) is 4.26. The SMILES string of the molecule is CCOCCCCNC(=NC)NCc1ccc(OCc2ccccc2)cc1. The summed E-state index contributed by atoms with van der Waals surface area (Å²) >= 11 is 0. The van der Waals surface area contributed by atoms with Crippen molar-refractivity contribution in [1.82, 2.24) is 10.6 Å². The van der Waals surface area contributed by atoms with E-state index in [1.165, 1.54) is 11.1 Å². The van der Waals surface area contributed by atoms with Gasteiger partial charge in [-0.3, -0.25) is 4.99 Å². The van der Waals surface area contributed by atoms with Gasteiger partial charge < -0.3 is 20.1 Å². The molecule has 0 aliphatic rings. The molecule has 0 saturated carbocycles. The number of benzene rings is 2. The van der Waals surface area contributed by atoms with Gasteiger partial charge in [-0.15, -0.1) is 0 Å². The van der Waals surface area contributed by atoms with E-state index in [-0.39, 0.29) is 0 Å². The highest BCUT2D eigenvalue weighted by Crippen LogP contribution is 2.14. The van der Waals surface area contributed by atoms with Gasteiger partial charge in [0.05, 0.1) is 0 Å². The van der Waals surface area contributed by atoms with Gasteiger partial charge in [-0.1, -0.05) is 42.5 Å². The topological polar surface area (TPSA) is 54.9 Å². The summed E-state index contributed by atoms with van der Waals surface area (Å²) in [6.45, 7) is 5.82. The number of hydrogen-bond donors (Lipinski definition) is 2. The molecule has 0 amide bonds. The Kier molecular flexibility index (Phi) is 9.82. The fraction of sp³-hybridized carbons (Fsp3) is 0.409. The normalized spacial score (nSPS) is 11.3. The maximum absolute atomic E-state index is 5.82. The number of nitrogens with zero attached hydrogens (tertiary/aromatic N) is 1. The van der Waals surface area contributed by atoms with E-state index < -0.39 is 0 Å². The second-order valence-corrected chi connectivity index (χ2v) is 6.17. The van der Waals surface area contributed by atoms with Crippen molar-refractivity contribution in [2.45, 2.75) is 32.9 Å². The Bertz CT molecular complexity index is 657. The van der Waals surface area contributed by atoms with Crippen LogP contribution in [-0.4, -0.2) is 32.8 Å². The van der Waals surface area contributed by atoms with Crippen molar-refractivity contribution in [3.8, 4) is 5.75 Å². The first-order valence-electron chi connectivity index (χ1n) is 9.59.